The molecule has 1 heterocycles. The van der Waals surface area contributed by atoms with E-state index >= 15 is 0 Å². The Morgan fingerprint density at radius 2 is 2.06 bits per heavy atom. The Morgan fingerprint density at radius 1 is 1.29 bits per heavy atom. The molecule has 90 valence electrons. The molecule has 0 spiro atoms. The maximum atomic E-state index is 10.0. The summed E-state index contributed by atoms with van der Waals surface area (Å²) in [6.45, 7) is 1.97. The van der Waals surface area contributed by atoms with E-state index in [-0.39, 0.29) is 5.22 Å². The van der Waals surface area contributed by atoms with Gasteiger partial charge in [0, 0.05) is 17.0 Å². The first-order valence-corrected chi connectivity index (χ1v) is 5.99. The zero-order valence-electron chi connectivity index (χ0n) is 9.28. The lowest BCUT2D eigenvalue weighted by molar-refractivity contribution is 0.177. The standard InChI is InChI=1S/C13H12Cl2O2/c1-8-2-3-9(11(14)6-8)7-12(16)10-4-5-17-13(10)15/h2-6,12,16H,7H2,1H3. The first-order chi connectivity index (χ1) is 8.08. The van der Waals surface area contributed by atoms with Crippen LogP contribution in [0.1, 0.15) is 22.8 Å². The Balaban J connectivity index is 2.19. The summed E-state index contributed by atoms with van der Waals surface area (Å²) in [6.07, 6.45) is 1.16. The fourth-order valence-corrected chi connectivity index (χ4v) is 2.23. The number of rotatable bonds is 3. The number of benzene rings is 1. The van der Waals surface area contributed by atoms with E-state index in [9.17, 15) is 5.11 Å². The lowest BCUT2D eigenvalue weighted by atomic mass is 10.0. The molecular weight excluding hydrogens is 259 g/mol. The Labute approximate surface area is 110 Å². The van der Waals surface area contributed by atoms with Gasteiger partial charge < -0.3 is 9.52 Å². The molecule has 0 aliphatic rings. The second kappa shape index (κ2) is 5.13. The molecule has 2 aromatic rings. The largest absolute Gasteiger partial charge is 0.453 e. The third-order valence-electron chi connectivity index (χ3n) is 2.63. The van der Waals surface area contributed by atoms with Crippen LogP contribution in [0.15, 0.2) is 34.9 Å². The molecule has 2 rings (SSSR count). The first-order valence-electron chi connectivity index (χ1n) is 5.24. The Kier molecular flexibility index (Phi) is 3.77. The average Bonchev–Trinajstić information content (AvgIpc) is 2.68. The summed E-state index contributed by atoms with van der Waals surface area (Å²) in [4.78, 5) is 0. The van der Waals surface area contributed by atoms with Crippen molar-refractivity contribution >= 4 is 23.2 Å². The van der Waals surface area contributed by atoms with Crippen molar-refractivity contribution < 1.29 is 9.52 Å². The summed E-state index contributed by atoms with van der Waals surface area (Å²) in [5.41, 5.74) is 2.57. The molecule has 0 amide bonds. The summed E-state index contributed by atoms with van der Waals surface area (Å²) in [6, 6.07) is 7.41. The summed E-state index contributed by atoms with van der Waals surface area (Å²) < 4.78 is 4.95. The Morgan fingerprint density at radius 3 is 2.65 bits per heavy atom. The van der Waals surface area contributed by atoms with Crippen LogP contribution in [0.5, 0.6) is 0 Å². The van der Waals surface area contributed by atoms with Gasteiger partial charge in [0.15, 0.2) is 5.22 Å². The third-order valence-corrected chi connectivity index (χ3v) is 3.29. The van der Waals surface area contributed by atoms with Gasteiger partial charge in [0.2, 0.25) is 0 Å². The minimum absolute atomic E-state index is 0.223. The molecule has 0 fully saturated rings. The quantitative estimate of drug-likeness (QED) is 0.908. The van der Waals surface area contributed by atoms with Crippen molar-refractivity contribution in [1.82, 2.24) is 0 Å². The fourth-order valence-electron chi connectivity index (χ4n) is 1.68. The molecule has 0 aliphatic carbocycles. The van der Waals surface area contributed by atoms with Crippen LogP contribution >= 0.6 is 23.2 Å². The van der Waals surface area contributed by atoms with Gasteiger partial charge in [0.25, 0.3) is 0 Å². The molecule has 0 saturated heterocycles. The lowest BCUT2D eigenvalue weighted by Gasteiger charge is -2.11. The highest BCUT2D eigenvalue weighted by molar-refractivity contribution is 6.31. The average molecular weight is 271 g/mol. The van der Waals surface area contributed by atoms with Crippen LogP contribution in [0, 0.1) is 6.92 Å². The Hall–Kier alpha value is -0.960. The molecule has 1 unspecified atom stereocenters. The summed E-state index contributed by atoms with van der Waals surface area (Å²) in [7, 11) is 0. The van der Waals surface area contributed by atoms with Crippen molar-refractivity contribution in [3.05, 3.63) is 57.5 Å². The molecule has 4 heteroatoms. The van der Waals surface area contributed by atoms with Crippen molar-refractivity contribution in [3.63, 3.8) is 0 Å². The highest BCUT2D eigenvalue weighted by Gasteiger charge is 2.15. The van der Waals surface area contributed by atoms with Crippen LogP contribution in [-0.4, -0.2) is 5.11 Å². The number of halogens is 2. The van der Waals surface area contributed by atoms with Crippen LogP contribution in [-0.2, 0) is 6.42 Å². The van der Waals surface area contributed by atoms with Gasteiger partial charge in [-0.2, -0.15) is 0 Å². The third kappa shape index (κ3) is 2.83. The van der Waals surface area contributed by atoms with Gasteiger partial charge in [-0.05, 0) is 41.8 Å². The minimum atomic E-state index is -0.707. The maximum absolute atomic E-state index is 10.0. The van der Waals surface area contributed by atoms with Gasteiger partial charge in [-0.1, -0.05) is 23.7 Å². The number of hydrogen-bond donors (Lipinski definition) is 1. The van der Waals surface area contributed by atoms with E-state index in [2.05, 4.69) is 0 Å². The predicted octanol–water partition coefficient (Wildman–Crippen LogP) is 4.17. The lowest BCUT2D eigenvalue weighted by Crippen LogP contribution is -2.01. The van der Waals surface area contributed by atoms with Gasteiger partial charge >= 0.3 is 0 Å². The van der Waals surface area contributed by atoms with Gasteiger partial charge in [-0.3, -0.25) is 0 Å². The van der Waals surface area contributed by atoms with Crippen LogP contribution in [0.3, 0.4) is 0 Å². The number of aliphatic hydroxyl groups is 1. The van der Waals surface area contributed by atoms with E-state index in [1.165, 1.54) is 6.26 Å². The van der Waals surface area contributed by atoms with Crippen molar-refractivity contribution in [1.29, 1.82) is 0 Å². The normalized spacial score (nSPS) is 12.7. The van der Waals surface area contributed by atoms with E-state index in [0.29, 0.717) is 17.0 Å². The highest BCUT2D eigenvalue weighted by atomic mass is 35.5. The van der Waals surface area contributed by atoms with E-state index < -0.39 is 6.10 Å². The molecule has 1 aromatic heterocycles. The van der Waals surface area contributed by atoms with Crippen molar-refractivity contribution in [2.45, 2.75) is 19.4 Å². The van der Waals surface area contributed by atoms with Crippen molar-refractivity contribution in [2.24, 2.45) is 0 Å². The monoisotopic (exact) mass is 270 g/mol. The summed E-state index contributed by atoms with van der Waals surface area (Å²) in [5.74, 6) is 0. The van der Waals surface area contributed by atoms with E-state index in [1.807, 2.05) is 25.1 Å². The number of aryl methyl sites for hydroxylation is 1. The molecule has 1 aromatic carbocycles. The van der Waals surface area contributed by atoms with Gasteiger partial charge in [-0.25, -0.2) is 0 Å². The zero-order valence-corrected chi connectivity index (χ0v) is 10.8. The SMILES string of the molecule is Cc1ccc(CC(O)c2ccoc2Cl)c(Cl)c1. The minimum Gasteiger partial charge on any atom is -0.453 e. The van der Waals surface area contributed by atoms with E-state index in [0.717, 1.165) is 11.1 Å². The molecular formula is C13H12Cl2O2. The smallest absolute Gasteiger partial charge is 0.198 e. The second-order valence-corrected chi connectivity index (χ2v) is 4.71. The second-order valence-electron chi connectivity index (χ2n) is 3.96. The highest BCUT2D eigenvalue weighted by Crippen LogP contribution is 2.29. The van der Waals surface area contributed by atoms with Gasteiger partial charge in [0.05, 0.1) is 12.4 Å². The molecule has 1 N–H and O–H groups in total. The molecule has 0 bridgehead atoms. The number of furan rings is 1. The van der Waals surface area contributed by atoms with Crippen LogP contribution < -0.4 is 0 Å². The summed E-state index contributed by atoms with van der Waals surface area (Å²) in [5, 5.41) is 10.9. The molecule has 0 radical (unpaired) electrons. The Bertz CT molecular complexity index is 520. The van der Waals surface area contributed by atoms with Gasteiger partial charge in [0.1, 0.15) is 0 Å². The molecule has 17 heavy (non-hydrogen) atoms. The van der Waals surface area contributed by atoms with Crippen molar-refractivity contribution in [3.8, 4) is 0 Å². The van der Waals surface area contributed by atoms with Crippen molar-refractivity contribution in [2.75, 3.05) is 0 Å². The van der Waals surface area contributed by atoms with Gasteiger partial charge in [-0.15, -0.1) is 0 Å². The van der Waals surface area contributed by atoms with E-state index in [1.54, 1.807) is 6.07 Å². The topological polar surface area (TPSA) is 33.4 Å². The fraction of sp³-hybridized carbons (Fsp3) is 0.231. The molecule has 1 atom stereocenters. The zero-order chi connectivity index (χ0) is 12.4. The molecule has 0 aliphatic heterocycles. The number of aliphatic hydroxyl groups excluding tert-OH is 1. The van der Waals surface area contributed by atoms with Crippen LogP contribution in [0.4, 0.5) is 0 Å². The van der Waals surface area contributed by atoms with Crippen LogP contribution in [0.2, 0.25) is 10.2 Å². The molecule has 2 nitrogen and oxygen atoms in total. The molecule has 0 saturated carbocycles. The predicted molar refractivity (Wildman–Crippen MR) is 68.6 cm³/mol. The van der Waals surface area contributed by atoms with Crippen LogP contribution in [0.25, 0.3) is 0 Å². The number of hydrogen-bond acceptors (Lipinski definition) is 2. The van der Waals surface area contributed by atoms with E-state index in [4.69, 9.17) is 27.6 Å². The summed E-state index contributed by atoms with van der Waals surface area (Å²) >= 11 is 11.9. The maximum Gasteiger partial charge on any atom is 0.198 e. The first kappa shape index (κ1) is 12.5.